The number of carbonyl (C=O) groups is 1. The predicted octanol–water partition coefficient (Wildman–Crippen LogP) is 3.81. The van der Waals surface area contributed by atoms with Crippen molar-refractivity contribution in [2.45, 2.75) is 10.6 Å². The topological polar surface area (TPSA) is 69.4 Å². The number of thioether (sulfide) groups is 1. The molecule has 2 aromatic carbocycles. The third-order valence-electron chi connectivity index (χ3n) is 2.90. The molecule has 0 saturated carbocycles. The Morgan fingerprint density at radius 2 is 1.95 bits per heavy atom. The molecule has 0 fully saturated rings. The Balaban J connectivity index is 2.04. The molecule has 0 aromatic heterocycles. The molecule has 5 nitrogen and oxygen atoms in total. The van der Waals surface area contributed by atoms with Crippen molar-refractivity contribution in [2.24, 2.45) is 0 Å². The molecule has 0 atom stereocenters. The van der Waals surface area contributed by atoms with Crippen LogP contribution in [0.15, 0.2) is 47.4 Å². The van der Waals surface area contributed by atoms with Crippen molar-refractivity contribution in [1.82, 2.24) is 0 Å². The molecule has 0 bridgehead atoms. The zero-order valence-corrected chi connectivity index (χ0v) is 12.4. The lowest BCUT2D eigenvalue weighted by Gasteiger charge is -2.05. The Kier molecular flexibility index (Phi) is 5.11. The molecule has 0 unspecified atom stereocenters. The molecule has 7 heteroatoms. The maximum atomic E-state index is 13.7. The van der Waals surface area contributed by atoms with Gasteiger partial charge in [-0.2, -0.15) is 0 Å². The second-order valence-corrected chi connectivity index (χ2v) is 5.37. The van der Waals surface area contributed by atoms with Crippen molar-refractivity contribution < 1.29 is 18.8 Å². The standard InChI is InChI=1S/C15H12FNO4S/c1-21-15(18)11-4-2-10(3-5-11)9-22-14-7-6-12(17(19)20)8-13(14)16/h2-8H,9H2,1H3. The number of esters is 1. The van der Waals surface area contributed by atoms with Gasteiger partial charge in [0.25, 0.3) is 5.69 Å². The Morgan fingerprint density at radius 3 is 2.50 bits per heavy atom. The minimum Gasteiger partial charge on any atom is -0.465 e. The van der Waals surface area contributed by atoms with Crippen LogP contribution in [-0.2, 0) is 10.5 Å². The van der Waals surface area contributed by atoms with Crippen LogP contribution in [0.25, 0.3) is 0 Å². The molecular formula is C15H12FNO4S. The Labute approximate surface area is 130 Å². The number of nitro groups is 1. The smallest absolute Gasteiger partial charge is 0.337 e. The summed E-state index contributed by atoms with van der Waals surface area (Å²) in [5.41, 5.74) is 1.07. The summed E-state index contributed by atoms with van der Waals surface area (Å²) in [5.74, 6) is -0.554. The van der Waals surface area contributed by atoms with E-state index in [0.717, 1.165) is 11.6 Å². The number of rotatable bonds is 5. The van der Waals surface area contributed by atoms with Gasteiger partial charge in [-0.05, 0) is 23.8 Å². The number of hydrogen-bond donors (Lipinski definition) is 0. The van der Waals surface area contributed by atoms with Crippen molar-refractivity contribution in [3.8, 4) is 0 Å². The summed E-state index contributed by atoms with van der Waals surface area (Å²) in [7, 11) is 1.31. The highest BCUT2D eigenvalue weighted by Gasteiger charge is 2.11. The number of nitrogens with zero attached hydrogens (tertiary/aromatic N) is 1. The van der Waals surface area contributed by atoms with Crippen molar-refractivity contribution in [3.05, 3.63) is 69.5 Å². The molecule has 0 N–H and O–H groups in total. The first kappa shape index (κ1) is 16.0. The SMILES string of the molecule is COC(=O)c1ccc(CSc2ccc([N+](=O)[O-])cc2F)cc1. The van der Waals surface area contributed by atoms with E-state index in [1.807, 2.05) is 0 Å². The molecule has 0 amide bonds. The highest BCUT2D eigenvalue weighted by molar-refractivity contribution is 7.98. The fraction of sp³-hybridized carbons (Fsp3) is 0.133. The second kappa shape index (κ2) is 7.04. The van der Waals surface area contributed by atoms with Crippen molar-refractivity contribution in [3.63, 3.8) is 0 Å². The van der Waals surface area contributed by atoms with Crippen molar-refractivity contribution >= 4 is 23.4 Å². The summed E-state index contributed by atoms with van der Waals surface area (Å²) in [6, 6.07) is 10.3. The van der Waals surface area contributed by atoms with Gasteiger partial charge in [0.15, 0.2) is 0 Å². The maximum Gasteiger partial charge on any atom is 0.337 e. The van der Waals surface area contributed by atoms with E-state index in [1.165, 1.54) is 31.0 Å². The van der Waals surface area contributed by atoms with E-state index in [4.69, 9.17) is 0 Å². The summed E-state index contributed by atoms with van der Waals surface area (Å²) in [5, 5.41) is 10.5. The fourth-order valence-corrected chi connectivity index (χ4v) is 2.61. The van der Waals surface area contributed by atoms with Gasteiger partial charge in [0.2, 0.25) is 0 Å². The van der Waals surface area contributed by atoms with Crippen molar-refractivity contribution in [1.29, 1.82) is 0 Å². The van der Waals surface area contributed by atoms with E-state index in [0.29, 0.717) is 16.2 Å². The van der Waals surface area contributed by atoms with Gasteiger partial charge in [0.05, 0.1) is 23.7 Å². The van der Waals surface area contributed by atoms with Crippen LogP contribution in [0.5, 0.6) is 0 Å². The van der Waals surface area contributed by atoms with Crippen LogP contribution < -0.4 is 0 Å². The van der Waals surface area contributed by atoms with Gasteiger partial charge in [-0.15, -0.1) is 11.8 Å². The van der Waals surface area contributed by atoms with Crippen LogP contribution in [0, 0.1) is 15.9 Å². The molecule has 2 aromatic rings. The summed E-state index contributed by atoms with van der Waals surface area (Å²) >= 11 is 1.23. The third-order valence-corrected chi connectivity index (χ3v) is 4.02. The van der Waals surface area contributed by atoms with Crippen LogP contribution in [-0.4, -0.2) is 18.0 Å². The first-order valence-electron chi connectivity index (χ1n) is 6.25. The molecule has 0 aliphatic heterocycles. The van der Waals surface area contributed by atoms with Crippen LogP contribution in [0.1, 0.15) is 15.9 Å². The van der Waals surface area contributed by atoms with Crippen LogP contribution in [0.2, 0.25) is 0 Å². The predicted molar refractivity (Wildman–Crippen MR) is 80.4 cm³/mol. The molecule has 0 radical (unpaired) electrons. The number of methoxy groups -OCH3 is 1. The summed E-state index contributed by atoms with van der Waals surface area (Å²) in [6.07, 6.45) is 0. The van der Waals surface area contributed by atoms with Crippen molar-refractivity contribution in [2.75, 3.05) is 7.11 Å². The molecule has 0 heterocycles. The van der Waals surface area contributed by atoms with Gasteiger partial charge in [-0.3, -0.25) is 10.1 Å². The van der Waals surface area contributed by atoms with E-state index < -0.39 is 16.7 Å². The zero-order valence-electron chi connectivity index (χ0n) is 11.6. The Morgan fingerprint density at radius 1 is 1.27 bits per heavy atom. The molecular weight excluding hydrogens is 309 g/mol. The molecule has 22 heavy (non-hydrogen) atoms. The Hall–Kier alpha value is -2.41. The van der Waals surface area contributed by atoms with E-state index in [2.05, 4.69) is 4.74 Å². The highest BCUT2D eigenvalue weighted by Crippen LogP contribution is 2.28. The van der Waals surface area contributed by atoms with E-state index in [9.17, 15) is 19.3 Å². The zero-order chi connectivity index (χ0) is 16.1. The monoisotopic (exact) mass is 321 g/mol. The highest BCUT2D eigenvalue weighted by atomic mass is 32.2. The van der Waals surface area contributed by atoms with Crippen LogP contribution in [0.4, 0.5) is 10.1 Å². The van der Waals surface area contributed by atoms with Gasteiger partial charge in [-0.25, -0.2) is 9.18 Å². The number of ether oxygens (including phenoxy) is 1. The Bertz CT molecular complexity index is 703. The third kappa shape index (κ3) is 3.82. The molecule has 0 aliphatic carbocycles. The quantitative estimate of drug-likeness (QED) is 0.362. The van der Waals surface area contributed by atoms with E-state index in [-0.39, 0.29) is 5.69 Å². The minimum absolute atomic E-state index is 0.274. The van der Waals surface area contributed by atoms with E-state index >= 15 is 0 Å². The number of halogens is 1. The average Bonchev–Trinajstić information content (AvgIpc) is 2.53. The molecule has 0 saturated heterocycles. The summed E-state index contributed by atoms with van der Waals surface area (Å²) < 4.78 is 18.3. The number of carbonyl (C=O) groups excluding carboxylic acids is 1. The number of hydrogen-bond acceptors (Lipinski definition) is 5. The number of nitro benzene ring substituents is 1. The second-order valence-electron chi connectivity index (χ2n) is 4.35. The van der Waals surface area contributed by atoms with Gasteiger partial charge >= 0.3 is 5.97 Å². The molecule has 0 spiro atoms. The normalized spacial score (nSPS) is 10.3. The summed E-state index contributed by atoms with van der Waals surface area (Å²) in [4.78, 5) is 21.6. The van der Waals surface area contributed by atoms with Gasteiger partial charge in [-0.1, -0.05) is 12.1 Å². The molecule has 2 rings (SSSR count). The maximum absolute atomic E-state index is 13.7. The molecule has 114 valence electrons. The lowest BCUT2D eigenvalue weighted by atomic mass is 10.1. The number of non-ortho nitro benzene ring substituents is 1. The first-order chi connectivity index (χ1) is 10.5. The fourth-order valence-electron chi connectivity index (χ4n) is 1.74. The van der Waals surface area contributed by atoms with E-state index in [1.54, 1.807) is 24.3 Å². The van der Waals surface area contributed by atoms with Crippen LogP contribution >= 0.6 is 11.8 Å². The summed E-state index contributed by atoms with van der Waals surface area (Å²) in [6.45, 7) is 0. The average molecular weight is 321 g/mol. The lowest BCUT2D eigenvalue weighted by molar-refractivity contribution is -0.385. The largest absolute Gasteiger partial charge is 0.465 e. The van der Waals surface area contributed by atoms with Gasteiger partial charge < -0.3 is 4.74 Å². The van der Waals surface area contributed by atoms with Gasteiger partial charge in [0.1, 0.15) is 5.82 Å². The first-order valence-corrected chi connectivity index (χ1v) is 7.24. The van der Waals surface area contributed by atoms with Gasteiger partial charge in [0, 0.05) is 16.7 Å². The lowest BCUT2D eigenvalue weighted by Crippen LogP contribution is -2.00. The number of benzene rings is 2. The molecule has 0 aliphatic rings. The minimum atomic E-state index is -0.636. The van der Waals surface area contributed by atoms with Crippen LogP contribution in [0.3, 0.4) is 0 Å².